The minimum Gasteiger partial charge on any atom is -0.457 e. The van der Waals surface area contributed by atoms with Crippen molar-refractivity contribution in [3.8, 4) is 57.0 Å². The van der Waals surface area contributed by atoms with E-state index in [1.54, 1.807) is 66.9 Å². The number of hydrogen-bond acceptors (Lipinski definition) is 11. The van der Waals surface area contributed by atoms with Gasteiger partial charge in [0.05, 0.1) is 22.0 Å². The van der Waals surface area contributed by atoms with Crippen molar-refractivity contribution in [2.24, 2.45) is 0 Å². The van der Waals surface area contributed by atoms with Crippen LogP contribution in [0.25, 0.3) is 56.0 Å². The molecule has 5 heterocycles. The van der Waals surface area contributed by atoms with Crippen LogP contribution in [-0.4, -0.2) is 45.3 Å². The maximum absolute atomic E-state index is 13.2. The minimum absolute atomic E-state index is 0.144. The van der Waals surface area contributed by atoms with Crippen molar-refractivity contribution in [2.45, 2.75) is 12.4 Å². The average Bonchev–Trinajstić information content (AvgIpc) is 4.08. The lowest BCUT2D eigenvalue weighted by atomic mass is 10.1. The molecule has 0 spiro atoms. The Bertz CT molecular complexity index is 3420. The van der Waals surface area contributed by atoms with Crippen LogP contribution in [0, 0.1) is 0 Å². The molecular formula is C46H30F6N12O2. The number of H-pyrrole nitrogens is 3. The molecule has 0 amide bonds. The van der Waals surface area contributed by atoms with Gasteiger partial charge in [-0.25, -0.2) is 9.97 Å². The fraction of sp³-hybridized carbons (Fsp3) is 0.0435. The molecule has 0 saturated heterocycles. The number of halogens is 6. The number of nitrogens with one attached hydrogen (secondary N) is 5. The predicted molar refractivity (Wildman–Crippen MR) is 234 cm³/mol. The summed E-state index contributed by atoms with van der Waals surface area (Å²) in [7, 11) is 0. The van der Waals surface area contributed by atoms with Crippen LogP contribution in [0.3, 0.4) is 0 Å². The second-order valence-electron chi connectivity index (χ2n) is 14.7. The molecular weight excluding hydrogens is 867 g/mol. The van der Waals surface area contributed by atoms with E-state index < -0.39 is 23.5 Å². The van der Waals surface area contributed by atoms with Crippen LogP contribution in [0.1, 0.15) is 11.1 Å². The quantitative estimate of drug-likeness (QED) is 0.0677. The SMILES string of the molecule is Nc1cc(Oc2cccc(-c3nnc(Nc4cccc(C(F)(F)F)c4)[nH]3)c2)c2cc(-c3cc4c(Oc5cccc(-c6nnc(Nc7cccc(C(F)(F)F)c7)[nH]6)c5)ccnc4[nH]3)ccc2n1. The first-order valence-electron chi connectivity index (χ1n) is 19.8. The Morgan fingerprint density at radius 2 is 1.09 bits per heavy atom. The summed E-state index contributed by atoms with van der Waals surface area (Å²) >= 11 is 0. The Morgan fingerprint density at radius 3 is 1.68 bits per heavy atom. The van der Waals surface area contributed by atoms with Crippen LogP contribution >= 0.6 is 0 Å². The third-order valence-electron chi connectivity index (χ3n) is 10.1. The molecule has 5 aromatic heterocycles. The average molecular weight is 897 g/mol. The Kier molecular flexibility index (Phi) is 10.2. The van der Waals surface area contributed by atoms with Gasteiger partial charge in [0.1, 0.15) is 34.5 Å². The molecule has 5 aromatic carbocycles. The third-order valence-corrected chi connectivity index (χ3v) is 10.1. The second kappa shape index (κ2) is 16.3. The first-order valence-corrected chi connectivity index (χ1v) is 19.8. The summed E-state index contributed by atoms with van der Waals surface area (Å²) in [5, 5.41) is 23.4. The second-order valence-corrected chi connectivity index (χ2v) is 14.7. The number of nitrogens with two attached hydrogens (primary N) is 1. The van der Waals surface area contributed by atoms with Gasteiger partial charge < -0.3 is 40.8 Å². The fourth-order valence-electron chi connectivity index (χ4n) is 7.10. The highest BCUT2D eigenvalue weighted by Gasteiger charge is 2.31. The molecule has 10 aromatic rings. The van der Waals surface area contributed by atoms with Gasteiger partial charge in [0, 0.05) is 45.8 Å². The number of benzene rings is 5. The van der Waals surface area contributed by atoms with Gasteiger partial charge in [0.25, 0.3) is 0 Å². The lowest BCUT2D eigenvalue weighted by molar-refractivity contribution is -0.138. The lowest BCUT2D eigenvalue weighted by Crippen LogP contribution is -2.05. The maximum atomic E-state index is 13.2. The summed E-state index contributed by atoms with van der Waals surface area (Å²) in [6.07, 6.45) is -7.37. The molecule has 14 nitrogen and oxygen atoms in total. The summed E-state index contributed by atoms with van der Waals surface area (Å²) in [5.41, 5.74) is 8.84. The fourth-order valence-corrected chi connectivity index (χ4v) is 7.10. The highest BCUT2D eigenvalue weighted by atomic mass is 19.4. The van der Waals surface area contributed by atoms with E-state index in [9.17, 15) is 26.3 Å². The number of fused-ring (bicyclic) bond motifs is 2. The molecule has 0 aliphatic heterocycles. The number of rotatable bonds is 11. The Balaban J connectivity index is 0.872. The summed E-state index contributed by atoms with van der Waals surface area (Å²) < 4.78 is 92.2. The monoisotopic (exact) mass is 896 g/mol. The van der Waals surface area contributed by atoms with Crippen LogP contribution in [0.15, 0.2) is 140 Å². The highest BCUT2D eigenvalue weighted by Crippen LogP contribution is 2.38. The summed E-state index contributed by atoms with van der Waals surface area (Å²) in [4.78, 5) is 18.4. The molecule has 0 saturated carbocycles. The number of nitrogen functional groups attached to an aromatic ring is 1. The van der Waals surface area contributed by atoms with Gasteiger partial charge in [-0.15, -0.1) is 20.4 Å². The Hall–Kier alpha value is -8.94. The van der Waals surface area contributed by atoms with E-state index in [4.69, 9.17) is 15.2 Å². The zero-order valence-electron chi connectivity index (χ0n) is 33.6. The first-order chi connectivity index (χ1) is 31.8. The van der Waals surface area contributed by atoms with E-state index in [-0.39, 0.29) is 29.1 Å². The van der Waals surface area contributed by atoms with Crippen molar-refractivity contribution in [1.29, 1.82) is 0 Å². The topological polar surface area (TPSA) is 193 Å². The molecule has 328 valence electrons. The molecule has 7 N–H and O–H groups in total. The van der Waals surface area contributed by atoms with Gasteiger partial charge in [-0.2, -0.15) is 26.3 Å². The predicted octanol–water partition coefficient (Wildman–Crippen LogP) is 12.0. The minimum atomic E-state index is -4.50. The number of aromatic amines is 3. The lowest BCUT2D eigenvalue weighted by Gasteiger charge is -2.11. The molecule has 66 heavy (non-hydrogen) atoms. The van der Waals surface area contributed by atoms with Crippen molar-refractivity contribution in [1.82, 2.24) is 45.3 Å². The van der Waals surface area contributed by atoms with Crippen molar-refractivity contribution >= 4 is 51.0 Å². The van der Waals surface area contributed by atoms with Crippen LogP contribution < -0.4 is 25.8 Å². The smallest absolute Gasteiger partial charge is 0.416 e. The molecule has 0 bridgehead atoms. The van der Waals surface area contributed by atoms with Gasteiger partial charge in [-0.05, 0) is 90.5 Å². The van der Waals surface area contributed by atoms with Crippen LogP contribution in [0.4, 0.5) is 55.4 Å². The van der Waals surface area contributed by atoms with E-state index in [0.29, 0.717) is 67.7 Å². The Labute approximate surface area is 367 Å². The highest BCUT2D eigenvalue weighted by molar-refractivity contribution is 5.93. The number of ether oxygens (including phenoxy) is 2. The number of pyridine rings is 2. The van der Waals surface area contributed by atoms with Crippen LogP contribution in [0.2, 0.25) is 0 Å². The molecule has 0 atom stereocenters. The van der Waals surface area contributed by atoms with E-state index in [0.717, 1.165) is 35.5 Å². The molecule has 0 radical (unpaired) electrons. The normalized spacial score (nSPS) is 11.8. The zero-order chi connectivity index (χ0) is 45.6. The summed E-state index contributed by atoms with van der Waals surface area (Å²) in [6.45, 7) is 0. The molecule has 20 heteroatoms. The van der Waals surface area contributed by atoms with Crippen LogP contribution in [0.5, 0.6) is 23.0 Å². The van der Waals surface area contributed by atoms with E-state index in [2.05, 4.69) is 55.9 Å². The van der Waals surface area contributed by atoms with Gasteiger partial charge in [0.15, 0.2) is 11.6 Å². The van der Waals surface area contributed by atoms with E-state index >= 15 is 0 Å². The number of aromatic nitrogens is 9. The van der Waals surface area contributed by atoms with Crippen molar-refractivity contribution < 1.29 is 35.8 Å². The largest absolute Gasteiger partial charge is 0.457 e. The Morgan fingerprint density at radius 1 is 0.515 bits per heavy atom. The maximum Gasteiger partial charge on any atom is 0.416 e. The summed E-state index contributed by atoms with van der Waals surface area (Å²) in [6, 6.07) is 34.5. The van der Waals surface area contributed by atoms with E-state index in [1.165, 1.54) is 24.3 Å². The zero-order valence-corrected chi connectivity index (χ0v) is 33.6. The van der Waals surface area contributed by atoms with Crippen molar-refractivity contribution in [3.05, 3.63) is 151 Å². The summed E-state index contributed by atoms with van der Waals surface area (Å²) in [5.74, 6) is 3.07. The number of anilines is 5. The molecule has 0 aliphatic rings. The number of hydrogen-bond donors (Lipinski definition) is 6. The van der Waals surface area contributed by atoms with Gasteiger partial charge >= 0.3 is 12.4 Å². The van der Waals surface area contributed by atoms with Crippen molar-refractivity contribution in [2.75, 3.05) is 16.4 Å². The number of alkyl halides is 6. The molecule has 0 aliphatic carbocycles. The van der Waals surface area contributed by atoms with Gasteiger partial charge in [0.2, 0.25) is 11.9 Å². The van der Waals surface area contributed by atoms with Crippen molar-refractivity contribution in [3.63, 3.8) is 0 Å². The van der Waals surface area contributed by atoms with E-state index in [1.807, 2.05) is 24.3 Å². The molecule has 0 unspecified atom stereocenters. The molecule has 0 fully saturated rings. The van der Waals surface area contributed by atoms with Crippen LogP contribution in [-0.2, 0) is 12.4 Å². The third kappa shape index (κ3) is 8.69. The van der Waals surface area contributed by atoms with Gasteiger partial charge in [-0.3, -0.25) is 0 Å². The van der Waals surface area contributed by atoms with Gasteiger partial charge in [-0.1, -0.05) is 42.5 Å². The first kappa shape index (κ1) is 41.1. The molecule has 10 rings (SSSR count). The standard InChI is InChI=1S/C46H30F6N12O2/c47-45(48,49)27-7-3-9-29(20-27)55-43-59-40(61-63-43)25-5-1-11-31(17-25)65-37-15-16-54-42-34(37)22-36(58-42)24-13-14-35-33(19-24)38(23-39(53)57-35)66-32-12-2-6-26(18-32)41-60-44(64-62-41)56-30-10-4-8-28(21-30)46(50,51)52/h1-23H,(H2,53,57)(H,54,58)(H2,55,59,61,63)(H2,56,60,62,64). The number of nitrogens with zero attached hydrogens (tertiary/aromatic N) is 6.